The molecule has 2 aromatic carbocycles. The number of nitrogens with one attached hydrogen (secondary N) is 1. The van der Waals surface area contributed by atoms with Crippen LogP contribution in [0.2, 0.25) is 0 Å². The summed E-state index contributed by atoms with van der Waals surface area (Å²) in [4.78, 5) is 0. The molecule has 0 aromatic heterocycles. The van der Waals surface area contributed by atoms with Crippen molar-refractivity contribution in [1.29, 1.82) is 0 Å². The zero-order valence-corrected chi connectivity index (χ0v) is 11.4. The van der Waals surface area contributed by atoms with Crippen molar-refractivity contribution in [2.75, 3.05) is 11.9 Å². The van der Waals surface area contributed by atoms with Crippen LogP contribution in [-0.2, 0) is 6.54 Å². The SMILES string of the molecule is CCCOc1cccc(CNc2ccc(O)c(F)c2)c1. The van der Waals surface area contributed by atoms with Crippen LogP contribution >= 0.6 is 0 Å². The maximum Gasteiger partial charge on any atom is 0.166 e. The molecule has 0 atom stereocenters. The first-order chi connectivity index (χ1) is 9.69. The van der Waals surface area contributed by atoms with Crippen molar-refractivity contribution in [3.05, 3.63) is 53.8 Å². The highest BCUT2D eigenvalue weighted by Gasteiger charge is 2.02. The number of benzene rings is 2. The van der Waals surface area contributed by atoms with E-state index < -0.39 is 5.82 Å². The van der Waals surface area contributed by atoms with Gasteiger partial charge < -0.3 is 15.2 Å². The summed E-state index contributed by atoms with van der Waals surface area (Å²) in [6, 6.07) is 12.0. The molecular formula is C16H18FNO2. The Hall–Kier alpha value is -2.23. The van der Waals surface area contributed by atoms with Gasteiger partial charge in [-0.1, -0.05) is 19.1 Å². The van der Waals surface area contributed by atoms with E-state index in [1.807, 2.05) is 24.3 Å². The Kier molecular flexibility index (Phi) is 4.82. The first-order valence-electron chi connectivity index (χ1n) is 6.63. The van der Waals surface area contributed by atoms with Crippen molar-refractivity contribution in [3.8, 4) is 11.5 Å². The number of anilines is 1. The number of phenolic OH excluding ortho intramolecular Hbond substituents is 1. The lowest BCUT2D eigenvalue weighted by Gasteiger charge is -2.09. The summed E-state index contributed by atoms with van der Waals surface area (Å²) in [6.45, 7) is 3.32. The highest BCUT2D eigenvalue weighted by Crippen LogP contribution is 2.20. The predicted molar refractivity (Wildman–Crippen MR) is 77.6 cm³/mol. The summed E-state index contributed by atoms with van der Waals surface area (Å²) in [5.74, 6) is -0.136. The number of hydrogen-bond acceptors (Lipinski definition) is 3. The molecule has 2 N–H and O–H groups in total. The third-order valence-corrected chi connectivity index (χ3v) is 2.82. The van der Waals surface area contributed by atoms with Crippen LogP contribution in [0.3, 0.4) is 0 Å². The lowest BCUT2D eigenvalue weighted by molar-refractivity contribution is 0.317. The first kappa shape index (κ1) is 14.2. The molecule has 0 fully saturated rings. The molecule has 0 amide bonds. The minimum absolute atomic E-state index is 0.342. The van der Waals surface area contributed by atoms with E-state index in [0.29, 0.717) is 18.8 Å². The average Bonchev–Trinajstić information content (AvgIpc) is 2.47. The monoisotopic (exact) mass is 275 g/mol. The van der Waals surface area contributed by atoms with Gasteiger partial charge in [-0.3, -0.25) is 0 Å². The molecule has 4 heteroatoms. The number of halogens is 1. The van der Waals surface area contributed by atoms with Crippen LogP contribution in [0, 0.1) is 5.82 Å². The van der Waals surface area contributed by atoms with E-state index in [0.717, 1.165) is 17.7 Å². The molecule has 0 aliphatic carbocycles. The number of aromatic hydroxyl groups is 1. The molecule has 0 bridgehead atoms. The summed E-state index contributed by atoms with van der Waals surface area (Å²) >= 11 is 0. The summed E-state index contributed by atoms with van der Waals surface area (Å²) in [5.41, 5.74) is 1.67. The Labute approximate surface area is 118 Å². The quantitative estimate of drug-likeness (QED) is 0.785. The molecule has 0 aliphatic heterocycles. The van der Waals surface area contributed by atoms with Crippen LogP contribution in [-0.4, -0.2) is 11.7 Å². The van der Waals surface area contributed by atoms with Crippen molar-refractivity contribution in [1.82, 2.24) is 0 Å². The number of rotatable bonds is 6. The number of hydrogen-bond donors (Lipinski definition) is 2. The molecule has 2 aromatic rings. The van der Waals surface area contributed by atoms with E-state index >= 15 is 0 Å². The molecule has 0 heterocycles. The Morgan fingerprint density at radius 1 is 1.20 bits per heavy atom. The van der Waals surface area contributed by atoms with Crippen LogP contribution in [0.5, 0.6) is 11.5 Å². The first-order valence-corrected chi connectivity index (χ1v) is 6.63. The molecule has 0 saturated carbocycles. The van der Waals surface area contributed by atoms with E-state index in [9.17, 15) is 4.39 Å². The second-order valence-electron chi connectivity index (χ2n) is 4.52. The smallest absolute Gasteiger partial charge is 0.166 e. The molecule has 0 saturated heterocycles. The van der Waals surface area contributed by atoms with E-state index in [-0.39, 0.29) is 5.75 Å². The van der Waals surface area contributed by atoms with Gasteiger partial charge in [0.15, 0.2) is 11.6 Å². The van der Waals surface area contributed by atoms with Gasteiger partial charge in [-0.05, 0) is 36.2 Å². The van der Waals surface area contributed by atoms with Crippen LogP contribution < -0.4 is 10.1 Å². The fourth-order valence-electron chi connectivity index (χ4n) is 1.79. The third kappa shape index (κ3) is 3.88. The Morgan fingerprint density at radius 3 is 2.80 bits per heavy atom. The topological polar surface area (TPSA) is 41.5 Å². The minimum Gasteiger partial charge on any atom is -0.505 e. The third-order valence-electron chi connectivity index (χ3n) is 2.82. The second kappa shape index (κ2) is 6.80. The maximum atomic E-state index is 13.2. The molecule has 0 aliphatic rings. The predicted octanol–water partition coefficient (Wildman–Crippen LogP) is 3.93. The lowest BCUT2D eigenvalue weighted by Crippen LogP contribution is -2.01. The number of ether oxygens (including phenoxy) is 1. The lowest BCUT2D eigenvalue weighted by atomic mass is 10.2. The zero-order chi connectivity index (χ0) is 14.4. The van der Waals surface area contributed by atoms with E-state index in [1.165, 1.54) is 12.1 Å². The van der Waals surface area contributed by atoms with Gasteiger partial charge in [0.2, 0.25) is 0 Å². The molecular weight excluding hydrogens is 257 g/mol. The van der Waals surface area contributed by atoms with E-state index in [4.69, 9.17) is 9.84 Å². The molecule has 2 rings (SSSR count). The minimum atomic E-state index is -0.630. The number of phenols is 1. The van der Waals surface area contributed by atoms with Crippen molar-refractivity contribution in [2.24, 2.45) is 0 Å². The Balaban J connectivity index is 1.97. The largest absolute Gasteiger partial charge is 0.505 e. The average molecular weight is 275 g/mol. The molecule has 0 spiro atoms. The highest BCUT2D eigenvalue weighted by atomic mass is 19.1. The van der Waals surface area contributed by atoms with Gasteiger partial charge in [-0.2, -0.15) is 0 Å². The summed E-state index contributed by atoms with van der Waals surface area (Å²) < 4.78 is 18.8. The van der Waals surface area contributed by atoms with Gasteiger partial charge in [-0.15, -0.1) is 0 Å². The molecule has 106 valence electrons. The molecule has 3 nitrogen and oxygen atoms in total. The van der Waals surface area contributed by atoms with Crippen molar-refractivity contribution < 1.29 is 14.2 Å². The van der Waals surface area contributed by atoms with Crippen molar-refractivity contribution in [2.45, 2.75) is 19.9 Å². The molecule has 0 radical (unpaired) electrons. The van der Waals surface area contributed by atoms with Gasteiger partial charge in [0.1, 0.15) is 5.75 Å². The Bertz CT molecular complexity index is 572. The van der Waals surface area contributed by atoms with Gasteiger partial charge in [0, 0.05) is 18.3 Å². The summed E-state index contributed by atoms with van der Waals surface area (Å²) in [5, 5.41) is 12.2. The normalized spacial score (nSPS) is 10.3. The fourth-order valence-corrected chi connectivity index (χ4v) is 1.79. The van der Waals surface area contributed by atoms with E-state index in [1.54, 1.807) is 6.07 Å². The van der Waals surface area contributed by atoms with E-state index in [2.05, 4.69) is 12.2 Å². The summed E-state index contributed by atoms with van der Waals surface area (Å²) in [6.07, 6.45) is 0.968. The summed E-state index contributed by atoms with van der Waals surface area (Å²) in [7, 11) is 0. The van der Waals surface area contributed by atoms with Crippen LogP contribution in [0.15, 0.2) is 42.5 Å². The second-order valence-corrected chi connectivity index (χ2v) is 4.52. The van der Waals surface area contributed by atoms with Crippen LogP contribution in [0.1, 0.15) is 18.9 Å². The van der Waals surface area contributed by atoms with Gasteiger partial charge >= 0.3 is 0 Å². The van der Waals surface area contributed by atoms with Crippen molar-refractivity contribution >= 4 is 5.69 Å². The molecule has 0 unspecified atom stereocenters. The zero-order valence-electron chi connectivity index (χ0n) is 11.4. The standard InChI is InChI=1S/C16H18FNO2/c1-2-8-20-14-5-3-4-12(9-14)11-18-13-6-7-16(19)15(17)10-13/h3-7,9-10,18-19H,2,8,11H2,1H3. The van der Waals surface area contributed by atoms with Crippen LogP contribution in [0.4, 0.5) is 10.1 Å². The van der Waals surface area contributed by atoms with Gasteiger partial charge in [-0.25, -0.2) is 4.39 Å². The van der Waals surface area contributed by atoms with Crippen LogP contribution in [0.25, 0.3) is 0 Å². The Morgan fingerprint density at radius 2 is 2.05 bits per heavy atom. The fraction of sp³-hybridized carbons (Fsp3) is 0.250. The maximum absolute atomic E-state index is 13.2. The highest BCUT2D eigenvalue weighted by molar-refractivity contribution is 5.47. The molecule has 20 heavy (non-hydrogen) atoms. The van der Waals surface area contributed by atoms with Crippen molar-refractivity contribution in [3.63, 3.8) is 0 Å². The van der Waals surface area contributed by atoms with Gasteiger partial charge in [0.25, 0.3) is 0 Å². The van der Waals surface area contributed by atoms with Gasteiger partial charge in [0.05, 0.1) is 6.61 Å².